The van der Waals surface area contributed by atoms with Crippen molar-refractivity contribution >= 4 is 41.9 Å². The maximum Gasteiger partial charge on any atom is 0.356 e. The van der Waals surface area contributed by atoms with E-state index in [2.05, 4.69) is 16.4 Å². The summed E-state index contributed by atoms with van der Waals surface area (Å²) in [5, 5.41) is 35.0. The van der Waals surface area contributed by atoms with Crippen LogP contribution in [0.4, 0.5) is 5.69 Å². The van der Waals surface area contributed by atoms with Crippen LogP contribution in [0, 0.1) is 11.3 Å². The van der Waals surface area contributed by atoms with Crippen LogP contribution in [0.2, 0.25) is 5.15 Å². The number of carbonyl (C=O) groups excluding carboxylic acids is 1. The van der Waals surface area contributed by atoms with Gasteiger partial charge in [0, 0.05) is 24.0 Å². The Balaban J connectivity index is 1.42. The lowest BCUT2D eigenvalue weighted by Gasteiger charge is -2.19. The van der Waals surface area contributed by atoms with Crippen molar-refractivity contribution in [2.75, 3.05) is 25.1 Å². The number of aromatic nitrogens is 2. The monoisotopic (exact) mass is 586 g/mol. The van der Waals surface area contributed by atoms with E-state index in [1.165, 1.54) is 4.57 Å². The third-order valence-corrected chi connectivity index (χ3v) is 8.00. The van der Waals surface area contributed by atoms with E-state index in [9.17, 15) is 29.7 Å². The van der Waals surface area contributed by atoms with Gasteiger partial charge in [0.15, 0.2) is 11.4 Å². The largest absolute Gasteiger partial charge is 0.438 e. The second-order valence-electron chi connectivity index (χ2n) is 9.55. The van der Waals surface area contributed by atoms with Crippen molar-refractivity contribution in [3.8, 4) is 6.07 Å². The average Bonchev–Trinajstić information content (AvgIpc) is 3.61. The van der Waals surface area contributed by atoms with Crippen LogP contribution in [0.1, 0.15) is 57.2 Å². The lowest BCUT2D eigenvalue weighted by atomic mass is 10.1. The highest BCUT2D eigenvalue weighted by atomic mass is 35.5. The van der Waals surface area contributed by atoms with Crippen LogP contribution in [0.15, 0.2) is 12.3 Å². The summed E-state index contributed by atoms with van der Waals surface area (Å²) < 4.78 is 34.1. The van der Waals surface area contributed by atoms with Crippen LogP contribution < -0.4 is 5.32 Å². The van der Waals surface area contributed by atoms with Crippen molar-refractivity contribution in [2.24, 2.45) is 0 Å². The SMILES string of the molecule is CCCC(=O)OCOP(=O)(O)COCC1O[C@@H](n2ccc3c(NC4CCCC4)c(C#N)c(Cl)nc32)[C@H](O)[C@@H]1O. The van der Waals surface area contributed by atoms with E-state index >= 15 is 0 Å². The molecule has 1 aliphatic heterocycles. The summed E-state index contributed by atoms with van der Waals surface area (Å²) in [4.78, 5) is 25.6. The zero-order valence-electron chi connectivity index (χ0n) is 21.4. The summed E-state index contributed by atoms with van der Waals surface area (Å²) in [6, 6.07) is 4.04. The first-order valence-corrected chi connectivity index (χ1v) is 14.9. The number of ether oxygens (including phenoxy) is 3. The van der Waals surface area contributed by atoms with Crippen LogP contribution in [0.5, 0.6) is 0 Å². The van der Waals surface area contributed by atoms with Gasteiger partial charge in [0.05, 0.1) is 12.3 Å². The number of nitriles is 1. The number of fused-ring (bicyclic) bond motifs is 1. The van der Waals surface area contributed by atoms with Crippen molar-refractivity contribution in [1.82, 2.24) is 9.55 Å². The molecule has 5 atom stereocenters. The van der Waals surface area contributed by atoms with Gasteiger partial charge in [-0.3, -0.25) is 13.9 Å². The lowest BCUT2D eigenvalue weighted by molar-refractivity contribution is -0.150. The molecular formula is C24H32ClN4O9P. The highest BCUT2D eigenvalue weighted by molar-refractivity contribution is 7.52. The van der Waals surface area contributed by atoms with Gasteiger partial charge in [-0.25, -0.2) is 4.98 Å². The van der Waals surface area contributed by atoms with Gasteiger partial charge in [0.25, 0.3) is 0 Å². The van der Waals surface area contributed by atoms with Gasteiger partial charge >= 0.3 is 13.6 Å². The zero-order chi connectivity index (χ0) is 28.2. The number of aliphatic hydroxyl groups excluding tert-OH is 2. The summed E-state index contributed by atoms with van der Waals surface area (Å²) in [5.41, 5.74) is 1.14. The molecule has 13 nitrogen and oxygen atoms in total. The molecule has 0 bridgehead atoms. The third-order valence-electron chi connectivity index (χ3n) is 6.71. The molecule has 0 aromatic carbocycles. The number of halogens is 1. The molecule has 4 N–H and O–H groups in total. The number of hydrogen-bond donors (Lipinski definition) is 4. The Bertz CT molecular complexity index is 1260. The Morgan fingerprint density at radius 2 is 2.10 bits per heavy atom. The van der Waals surface area contributed by atoms with Gasteiger partial charge in [0.2, 0.25) is 6.79 Å². The van der Waals surface area contributed by atoms with Crippen LogP contribution >= 0.6 is 19.2 Å². The normalized spacial score (nSPS) is 25.0. The van der Waals surface area contributed by atoms with E-state index in [4.69, 9.17) is 30.3 Å². The number of esters is 1. The molecule has 2 aliphatic rings. The van der Waals surface area contributed by atoms with Crippen molar-refractivity contribution in [2.45, 2.75) is 76.0 Å². The van der Waals surface area contributed by atoms with Crippen LogP contribution in [0.25, 0.3) is 11.0 Å². The quantitative estimate of drug-likeness (QED) is 0.123. The Labute approximate surface area is 230 Å². The minimum Gasteiger partial charge on any atom is -0.438 e. The zero-order valence-corrected chi connectivity index (χ0v) is 23.0. The number of hydrogen-bond acceptors (Lipinski definition) is 11. The molecule has 1 aliphatic carbocycles. The summed E-state index contributed by atoms with van der Waals surface area (Å²) >= 11 is 6.35. The number of anilines is 1. The number of nitrogens with one attached hydrogen (secondary N) is 1. The molecule has 1 saturated heterocycles. The molecule has 0 radical (unpaired) electrons. The van der Waals surface area contributed by atoms with E-state index in [-0.39, 0.29) is 29.8 Å². The number of nitrogens with zero attached hydrogens (tertiary/aromatic N) is 3. The molecule has 15 heteroatoms. The molecule has 4 rings (SSSR count). The molecular weight excluding hydrogens is 555 g/mol. The van der Waals surface area contributed by atoms with Gasteiger partial charge in [-0.2, -0.15) is 5.26 Å². The van der Waals surface area contributed by atoms with Gasteiger partial charge in [-0.1, -0.05) is 31.4 Å². The molecule has 2 unspecified atom stereocenters. The van der Waals surface area contributed by atoms with Crippen molar-refractivity contribution in [1.29, 1.82) is 5.26 Å². The molecule has 214 valence electrons. The fourth-order valence-electron chi connectivity index (χ4n) is 4.74. The number of pyridine rings is 1. The predicted octanol–water partition coefficient (Wildman–Crippen LogP) is 3.01. The first-order valence-electron chi connectivity index (χ1n) is 12.7. The molecule has 39 heavy (non-hydrogen) atoms. The predicted molar refractivity (Wildman–Crippen MR) is 139 cm³/mol. The number of rotatable bonds is 12. The molecule has 1 saturated carbocycles. The van der Waals surface area contributed by atoms with Crippen molar-refractivity contribution in [3.63, 3.8) is 0 Å². The minimum atomic E-state index is -4.25. The molecule has 2 aromatic rings. The fraction of sp³-hybridized carbons (Fsp3) is 0.625. The Morgan fingerprint density at radius 1 is 1.36 bits per heavy atom. The maximum absolute atomic E-state index is 12.1. The summed E-state index contributed by atoms with van der Waals surface area (Å²) in [6.45, 7) is 0.758. The van der Waals surface area contributed by atoms with E-state index in [0.29, 0.717) is 23.1 Å². The van der Waals surface area contributed by atoms with E-state index in [0.717, 1.165) is 25.7 Å². The molecule has 0 spiro atoms. The highest BCUT2D eigenvalue weighted by Gasteiger charge is 2.44. The van der Waals surface area contributed by atoms with Crippen molar-refractivity contribution in [3.05, 3.63) is 23.0 Å². The first-order chi connectivity index (χ1) is 18.6. The van der Waals surface area contributed by atoms with Crippen molar-refractivity contribution < 1.29 is 43.2 Å². The summed E-state index contributed by atoms with van der Waals surface area (Å²) in [7, 11) is -4.25. The maximum atomic E-state index is 12.1. The number of aliphatic hydroxyl groups is 2. The standard InChI is InChI=1S/C24H32ClN4O9P/c1-2-5-18(30)36-12-37-39(33,34)13-35-11-17-20(31)21(32)24(38-17)29-9-8-15-19(27-14-6-3-4-7-14)16(10-26)22(25)28-23(15)29/h8-9,14,17,20-21,24,31-32H,2-7,11-13H2,1H3,(H,27,28)(H,33,34)/t17?,20-,21-,24-/m1/s1. The van der Waals surface area contributed by atoms with Gasteiger partial charge in [-0.05, 0) is 25.3 Å². The Hall–Kier alpha value is -2.27. The lowest BCUT2D eigenvalue weighted by Crippen LogP contribution is -2.34. The summed E-state index contributed by atoms with van der Waals surface area (Å²) in [5.74, 6) is -0.556. The Kier molecular flexibility index (Phi) is 9.85. The van der Waals surface area contributed by atoms with E-state index in [1.54, 1.807) is 19.2 Å². The topological polar surface area (TPSA) is 185 Å². The highest BCUT2D eigenvalue weighted by Crippen LogP contribution is 2.42. The van der Waals surface area contributed by atoms with Crippen LogP contribution in [-0.2, 0) is 28.1 Å². The third kappa shape index (κ3) is 6.90. The number of carbonyl (C=O) groups is 1. The second kappa shape index (κ2) is 12.9. The molecule has 2 aromatic heterocycles. The fourth-order valence-corrected chi connectivity index (χ4v) is 5.58. The van der Waals surface area contributed by atoms with Gasteiger partial charge in [0.1, 0.15) is 41.9 Å². The average molecular weight is 587 g/mol. The molecule has 2 fully saturated rings. The smallest absolute Gasteiger partial charge is 0.356 e. The van der Waals surface area contributed by atoms with Crippen LogP contribution in [-0.4, -0.2) is 74.7 Å². The van der Waals surface area contributed by atoms with E-state index in [1.807, 2.05) is 0 Å². The minimum absolute atomic E-state index is 0.00237. The van der Waals surface area contributed by atoms with Crippen LogP contribution in [0.3, 0.4) is 0 Å². The molecule has 3 heterocycles. The first kappa shape index (κ1) is 29.7. The summed E-state index contributed by atoms with van der Waals surface area (Å²) in [6.07, 6.45) is 0.846. The van der Waals surface area contributed by atoms with Gasteiger partial charge in [-0.15, -0.1) is 0 Å². The van der Waals surface area contributed by atoms with E-state index < -0.39 is 51.2 Å². The second-order valence-corrected chi connectivity index (χ2v) is 11.7. The Morgan fingerprint density at radius 3 is 2.79 bits per heavy atom. The van der Waals surface area contributed by atoms with Gasteiger partial charge < -0.3 is 39.2 Å². The molecule has 0 amide bonds.